The molecular formula is C36H40N2O5. The van der Waals surface area contributed by atoms with Gasteiger partial charge in [-0.15, -0.1) is 0 Å². The summed E-state index contributed by atoms with van der Waals surface area (Å²) in [6.45, 7) is 11.8. The SMILES string of the molecule is CC(C)c1cc(COc2ccc(C(CC(=O)N3C(=O)OCC3Cc3ccccc3)c3ccon3)cc2)ccc1C(C)(C)C. The molecule has 0 aliphatic carbocycles. The summed E-state index contributed by atoms with van der Waals surface area (Å²) in [6.07, 6.45) is 1.47. The molecule has 0 spiro atoms. The van der Waals surface area contributed by atoms with Crippen LogP contribution in [0.2, 0.25) is 0 Å². The molecule has 2 atom stereocenters. The van der Waals surface area contributed by atoms with Crippen LogP contribution in [0.5, 0.6) is 5.75 Å². The maximum absolute atomic E-state index is 13.6. The molecule has 0 bridgehead atoms. The molecule has 1 saturated heterocycles. The summed E-state index contributed by atoms with van der Waals surface area (Å²) in [6, 6.07) is 25.5. The Kier molecular flexibility index (Phi) is 9.00. The zero-order valence-electron chi connectivity index (χ0n) is 25.6. The van der Waals surface area contributed by atoms with E-state index < -0.39 is 12.0 Å². The van der Waals surface area contributed by atoms with Gasteiger partial charge in [0, 0.05) is 18.4 Å². The largest absolute Gasteiger partial charge is 0.489 e. The molecule has 0 saturated carbocycles. The van der Waals surface area contributed by atoms with Crippen molar-refractivity contribution in [3.63, 3.8) is 0 Å². The summed E-state index contributed by atoms with van der Waals surface area (Å²) >= 11 is 0. The van der Waals surface area contributed by atoms with Gasteiger partial charge < -0.3 is 14.0 Å². The highest BCUT2D eigenvalue weighted by Crippen LogP contribution is 2.33. The Morgan fingerprint density at radius 2 is 1.74 bits per heavy atom. The van der Waals surface area contributed by atoms with E-state index in [2.05, 4.69) is 58.0 Å². The molecule has 4 aromatic rings. The van der Waals surface area contributed by atoms with Crippen LogP contribution in [0.15, 0.2) is 89.6 Å². The Morgan fingerprint density at radius 3 is 2.40 bits per heavy atom. The Hall–Kier alpha value is -4.39. The summed E-state index contributed by atoms with van der Waals surface area (Å²) in [7, 11) is 0. The van der Waals surface area contributed by atoms with Crippen LogP contribution in [0.25, 0.3) is 0 Å². The van der Waals surface area contributed by atoms with E-state index >= 15 is 0 Å². The Labute approximate surface area is 253 Å². The zero-order chi connectivity index (χ0) is 30.6. The van der Waals surface area contributed by atoms with E-state index in [-0.39, 0.29) is 30.4 Å². The third-order valence-electron chi connectivity index (χ3n) is 7.97. The van der Waals surface area contributed by atoms with Crippen LogP contribution in [0.1, 0.15) is 86.4 Å². The molecule has 0 radical (unpaired) electrons. The fraction of sp³-hybridized carbons (Fsp3) is 0.361. The Morgan fingerprint density at radius 1 is 1.00 bits per heavy atom. The van der Waals surface area contributed by atoms with E-state index in [1.807, 2.05) is 54.6 Å². The smallest absolute Gasteiger partial charge is 0.416 e. The first kappa shape index (κ1) is 30.1. The van der Waals surface area contributed by atoms with Crippen molar-refractivity contribution >= 4 is 12.0 Å². The van der Waals surface area contributed by atoms with Crippen LogP contribution in [-0.4, -0.2) is 34.7 Å². The first-order valence-electron chi connectivity index (χ1n) is 14.9. The van der Waals surface area contributed by atoms with Crippen molar-refractivity contribution < 1.29 is 23.6 Å². The van der Waals surface area contributed by atoms with Crippen LogP contribution in [0.3, 0.4) is 0 Å². The standard InChI is InChI=1S/C36H40N2O5/c1-24(2)30-20-26(11-16-32(30)36(3,4)5)22-41-29-14-12-27(13-15-29)31(33-17-18-43-37-33)21-34(39)38-28(23-42-35(38)40)19-25-9-7-6-8-10-25/h6-18,20,24,28,31H,19,21-23H2,1-5H3. The van der Waals surface area contributed by atoms with Crippen LogP contribution in [0.4, 0.5) is 4.79 Å². The molecule has 1 aliphatic heterocycles. The topological polar surface area (TPSA) is 81.9 Å². The van der Waals surface area contributed by atoms with Gasteiger partial charge in [-0.1, -0.05) is 100 Å². The Balaban J connectivity index is 1.29. The number of amides is 2. The first-order valence-corrected chi connectivity index (χ1v) is 14.9. The summed E-state index contributed by atoms with van der Waals surface area (Å²) in [5, 5.41) is 4.13. The van der Waals surface area contributed by atoms with Crippen molar-refractivity contribution in [3.8, 4) is 5.75 Å². The number of cyclic esters (lactones) is 1. The van der Waals surface area contributed by atoms with E-state index in [4.69, 9.17) is 14.0 Å². The van der Waals surface area contributed by atoms with Gasteiger partial charge in [0.15, 0.2) is 0 Å². The summed E-state index contributed by atoms with van der Waals surface area (Å²) in [5.41, 5.74) is 6.43. The van der Waals surface area contributed by atoms with Crippen molar-refractivity contribution in [3.05, 3.63) is 119 Å². The Bertz CT molecular complexity index is 1520. The number of hydrogen-bond donors (Lipinski definition) is 0. The maximum atomic E-state index is 13.6. The molecule has 43 heavy (non-hydrogen) atoms. The molecule has 2 unspecified atom stereocenters. The van der Waals surface area contributed by atoms with Crippen LogP contribution in [-0.2, 0) is 28.0 Å². The number of carbonyl (C=O) groups is 2. The molecule has 3 aromatic carbocycles. The highest BCUT2D eigenvalue weighted by atomic mass is 16.6. The van der Waals surface area contributed by atoms with Gasteiger partial charge in [0.25, 0.3) is 0 Å². The molecule has 1 aliphatic rings. The van der Waals surface area contributed by atoms with Crippen LogP contribution >= 0.6 is 0 Å². The summed E-state index contributed by atoms with van der Waals surface area (Å²) in [5.74, 6) is 0.438. The van der Waals surface area contributed by atoms with Gasteiger partial charge in [-0.2, -0.15) is 0 Å². The molecule has 5 rings (SSSR count). The van der Waals surface area contributed by atoms with Crippen molar-refractivity contribution in [2.24, 2.45) is 0 Å². The molecule has 7 heteroatoms. The van der Waals surface area contributed by atoms with Crippen molar-refractivity contribution in [2.45, 2.75) is 77.4 Å². The number of carbonyl (C=O) groups excluding carboxylic acids is 2. The normalized spacial score (nSPS) is 15.9. The number of nitrogens with zero attached hydrogens (tertiary/aromatic N) is 2. The van der Waals surface area contributed by atoms with Gasteiger partial charge >= 0.3 is 6.09 Å². The van der Waals surface area contributed by atoms with Gasteiger partial charge in [0.2, 0.25) is 5.91 Å². The molecule has 1 aromatic heterocycles. The molecule has 1 fully saturated rings. The average molecular weight is 581 g/mol. The maximum Gasteiger partial charge on any atom is 0.416 e. The first-order chi connectivity index (χ1) is 20.6. The zero-order valence-corrected chi connectivity index (χ0v) is 25.6. The lowest BCUT2D eigenvalue weighted by molar-refractivity contribution is -0.129. The second-order valence-electron chi connectivity index (χ2n) is 12.5. The molecule has 2 heterocycles. The number of rotatable bonds is 10. The third-order valence-corrected chi connectivity index (χ3v) is 7.97. The molecule has 2 amide bonds. The van der Waals surface area contributed by atoms with Crippen LogP contribution < -0.4 is 4.74 Å². The van der Waals surface area contributed by atoms with Gasteiger partial charge in [-0.25, -0.2) is 9.69 Å². The van der Waals surface area contributed by atoms with E-state index in [1.165, 1.54) is 22.3 Å². The summed E-state index contributed by atoms with van der Waals surface area (Å²) in [4.78, 5) is 27.4. The predicted molar refractivity (Wildman–Crippen MR) is 165 cm³/mol. The second-order valence-corrected chi connectivity index (χ2v) is 12.5. The lowest BCUT2D eigenvalue weighted by atomic mass is 9.80. The lowest BCUT2D eigenvalue weighted by Gasteiger charge is -2.25. The predicted octanol–water partition coefficient (Wildman–Crippen LogP) is 7.79. The number of ether oxygens (including phenoxy) is 2. The highest BCUT2D eigenvalue weighted by molar-refractivity contribution is 5.94. The molecule has 224 valence electrons. The second kappa shape index (κ2) is 12.9. The minimum Gasteiger partial charge on any atom is -0.489 e. The average Bonchev–Trinajstić information content (AvgIpc) is 3.65. The molecule has 0 N–H and O–H groups in total. The van der Waals surface area contributed by atoms with Crippen LogP contribution in [0, 0.1) is 0 Å². The molecule has 7 nitrogen and oxygen atoms in total. The van der Waals surface area contributed by atoms with Crippen molar-refractivity contribution in [2.75, 3.05) is 6.61 Å². The van der Waals surface area contributed by atoms with E-state index in [9.17, 15) is 9.59 Å². The minimum atomic E-state index is -0.607. The van der Waals surface area contributed by atoms with Gasteiger partial charge in [-0.3, -0.25) is 4.79 Å². The van der Waals surface area contributed by atoms with E-state index in [0.29, 0.717) is 24.6 Å². The van der Waals surface area contributed by atoms with Gasteiger partial charge in [0.1, 0.15) is 25.2 Å². The van der Waals surface area contributed by atoms with Crippen molar-refractivity contribution in [1.29, 1.82) is 0 Å². The third kappa shape index (κ3) is 7.16. The van der Waals surface area contributed by atoms with Gasteiger partial charge in [0.05, 0.1) is 11.7 Å². The summed E-state index contributed by atoms with van der Waals surface area (Å²) < 4.78 is 16.6. The lowest BCUT2D eigenvalue weighted by Crippen LogP contribution is -2.40. The number of aromatic nitrogens is 1. The number of imide groups is 1. The fourth-order valence-electron chi connectivity index (χ4n) is 5.70. The monoisotopic (exact) mass is 580 g/mol. The van der Waals surface area contributed by atoms with Gasteiger partial charge in [-0.05, 0) is 57.7 Å². The number of benzene rings is 3. The van der Waals surface area contributed by atoms with Crippen molar-refractivity contribution in [1.82, 2.24) is 10.1 Å². The quantitative estimate of drug-likeness (QED) is 0.190. The van der Waals surface area contributed by atoms with E-state index in [1.54, 1.807) is 6.07 Å². The highest BCUT2D eigenvalue weighted by Gasteiger charge is 2.39. The van der Waals surface area contributed by atoms with E-state index in [0.717, 1.165) is 22.4 Å². The minimum absolute atomic E-state index is 0.0469. The fourth-order valence-corrected chi connectivity index (χ4v) is 5.70. The molecular weight excluding hydrogens is 540 g/mol. The number of hydrogen-bond acceptors (Lipinski definition) is 6.